The Bertz CT molecular complexity index is 962. The van der Waals surface area contributed by atoms with Crippen molar-refractivity contribution >= 4 is 11.6 Å². The molecule has 0 unspecified atom stereocenters. The number of hydrogen-bond donors (Lipinski definition) is 1. The maximum absolute atomic E-state index is 9.79. The lowest BCUT2D eigenvalue weighted by atomic mass is 10.0. The maximum Gasteiger partial charge on any atom is 0.116 e. The van der Waals surface area contributed by atoms with E-state index in [1.54, 1.807) is 30.7 Å². The first kappa shape index (κ1) is 15.5. The minimum absolute atomic E-state index is 0.206. The Morgan fingerprint density at radius 1 is 0.760 bits per heavy atom. The van der Waals surface area contributed by atoms with Crippen molar-refractivity contribution in [2.75, 3.05) is 0 Å². The number of aromatic nitrogens is 1. The predicted molar refractivity (Wildman–Crippen MR) is 99.5 cm³/mol. The molecule has 4 heteroatoms. The van der Waals surface area contributed by atoms with Crippen molar-refractivity contribution in [2.45, 2.75) is 0 Å². The number of hydrogen-bond acceptors (Lipinski definition) is 3. The van der Waals surface area contributed by atoms with Crippen molar-refractivity contribution in [3.8, 4) is 39.4 Å². The molecule has 0 aliphatic rings. The van der Waals surface area contributed by atoms with E-state index in [4.69, 9.17) is 21.0 Å². The van der Waals surface area contributed by atoms with Gasteiger partial charge in [0.05, 0.1) is 23.9 Å². The summed E-state index contributed by atoms with van der Waals surface area (Å²) in [6, 6.07) is 20.5. The summed E-state index contributed by atoms with van der Waals surface area (Å²) in [7, 11) is 0. The van der Waals surface area contributed by atoms with Gasteiger partial charge >= 0.3 is 0 Å². The van der Waals surface area contributed by atoms with Crippen LogP contribution in [0.5, 0.6) is 5.75 Å². The average Bonchev–Trinajstić information content (AvgIpc) is 3.16. The molecule has 0 spiro atoms. The minimum Gasteiger partial charge on any atom is -0.508 e. The molecule has 2 heterocycles. The van der Waals surface area contributed by atoms with Crippen LogP contribution in [0, 0.1) is 0 Å². The zero-order chi connectivity index (χ0) is 17.2. The summed E-state index contributed by atoms with van der Waals surface area (Å²) in [5, 5.41) is 10.4. The Labute approximate surface area is 150 Å². The van der Waals surface area contributed by atoms with Gasteiger partial charge in [-0.25, -0.2) is 4.98 Å². The lowest BCUT2D eigenvalue weighted by molar-refractivity contribution is 0.475. The Hall–Kier alpha value is -3.04. The van der Waals surface area contributed by atoms with E-state index in [0.717, 1.165) is 33.6 Å². The number of halogens is 1. The van der Waals surface area contributed by atoms with E-state index in [1.165, 1.54) is 0 Å². The second-order valence-corrected chi connectivity index (χ2v) is 6.14. The van der Waals surface area contributed by atoms with E-state index >= 15 is 0 Å². The van der Waals surface area contributed by atoms with Crippen molar-refractivity contribution in [1.82, 2.24) is 4.98 Å². The van der Waals surface area contributed by atoms with Crippen LogP contribution in [-0.4, -0.2) is 10.1 Å². The van der Waals surface area contributed by atoms with Crippen LogP contribution in [0.25, 0.3) is 33.6 Å². The standard InChI is InChI=1S/C21H14ClNO2/c22-18-5-1-3-14(9-18)20-11-17(16-7-8-25-13-16)12-21(23-20)15-4-2-6-19(24)10-15/h1-13,24H. The van der Waals surface area contributed by atoms with Crippen LogP contribution in [-0.2, 0) is 0 Å². The summed E-state index contributed by atoms with van der Waals surface area (Å²) >= 11 is 6.14. The molecule has 0 fully saturated rings. The lowest BCUT2D eigenvalue weighted by Crippen LogP contribution is -1.90. The van der Waals surface area contributed by atoms with Gasteiger partial charge in [-0.2, -0.15) is 0 Å². The van der Waals surface area contributed by atoms with Crippen LogP contribution in [0.4, 0.5) is 0 Å². The van der Waals surface area contributed by atoms with Crippen LogP contribution in [0.1, 0.15) is 0 Å². The molecule has 0 amide bonds. The van der Waals surface area contributed by atoms with Gasteiger partial charge < -0.3 is 9.52 Å². The van der Waals surface area contributed by atoms with Gasteiger partial charge in [0.2, 0.25) is 0 Å². The van der Waals surface area contributed by atoms with Crippen LogP contribution < -0.4 is 0 Å². The number of nitrogens with zero attached hydrogens (tertiary/aromatic N) is 1. The van der Waals surface area contributed by atoms with Crippen molar-refractivity contribution < 1.29 is 9.52 Å². The molecule has 2 aromatic heterocycles. The summed E-state index contributed by atoms with van der Waals surface area (Å²) in [6.07, 6.45) is 3.34. The Balaban J connectivity index is 1.92. The van der Waals surface area contributed by atoms with Crippen LogP contribution in [0.3, 0.4) is 0 Å². The SMILES string of the molecule is Oc1cccc(-c2cc(-c3ccoc3)cc(-c3cccc(Cl)c3)n2)c1. The van der Waals surface area contributed by atoms with Gasteiger partial charge in [-0.05, 0) is 48.0 Å². The molecule has 4 aromatic rings. The van der Waals surface area contributed by atoms with E-state index in [1.807, 2.05) is 48.5 Å². The highest BCUT2D eigenvalue weighted by molar-refractivity contribution is 6.30. The molecule has 4 rings (SSSR count). The zero-order valence-electron chi connectivity index (χ0n) is 13.2. The number of aromatic hydroxyl groups is 1. The topological polar surface area (TPSA) is 46.3 Å². The maximum atomic E-state index is 9.79. The Kier molecular flexibility index (Phi) is 4.00. The molecule has 0 saturated heterocycles. The number of benzene rings is 2. The monoisotopic (exact) mass is 347 g/mol. The number of rotatable bonds is 3. The fourth-order valence-corrected chi connectivity index (χ4v) is 2.93. The third-order valence-corrected chi connectivity index (χ3v) is 4.18. The van der Waals surface area contributed by atoms with E-state index in [9.17, 15) is 5.11 Å². The van der Waals surface area contributed by atoms with E-state index in [-0.39, 0.29) is 5.75 Å². The molecule has 25 heavy (non-hydrogen) atoms. The molecular weight excluding hydrogens is 334 g/mol. The van der Waals surface area contributed by atoms with Gasteiger partial charge in [0.25, 0.3) is 0 Å². The molecule has 0 atom stereocenters. The van der Waals surface area contributed by atoms with Crippen LogP contribution in [0.15, 0.2) is 83.7 Å². The summed E-state index contributed by atoms with van der Waals surface area (Å²) in [5.74, 6) is 0.206. The normalized spacial score (nSPS) is 10.8. The van der Waals surface area contributed by atoms with Crippen molar-refractivity contribution in [2.24, 2.45) is 0 Å². The predicted octanol–water partition coefficient (Wildman–Crippen LogP) is 6.03. The molecule has 0 bridgehead atoms. The second kappa shape index (κ2) is 6.46. The van der Waals surface area contributed by atoms with E-state index in [0.29, 0.717) is 5.02 Å². The summed E-state index contributed by atoms with van der Waals surface area (Å²) in [4.78, 5) is 4.77. The fourth-order valence-electron chi connectivity index (χ4n) is 2.73. The van der Waals surface area contributed by atoms with E-state index < -0.39 is 0 Å². The first-order valence-electron chi connectivity index (χ1n) is 7.79. The van der Waals surface area contributed by atoms with Gasteiger partial charge in [-0.3, -0.25) is 0 Å². The molecule has 0 saturated carbocycles. The van der Waals surface area contributed by atoms with Gasteiger partial charge in [0, 0.05) is 21.7 Å². The smallest absolute Gasteiger partial charge is 0.116 e. The number of furan rings is 1. The van der Waals surface area contributed by atoms with Gasteiger partial charge in [0.15, 0.2) is 0 Å². The molecule has 0 radical (unpaired) electrons. The Morgan fingerprint density at radius 2 is 1.48 bits per heavy atom. The van der Waals surface area contributed by atoms with Gasteiger partial charge in [-0.15, -0.1) is 0 Å². The highest BCUT2D eigenvalue weighted by atomic mass is 35.5. The average molecular weight is 348 g/mol. The Morgan fingerprint density at radius 3 is 2.12 bits per heavy atom. The first-order chi connectivity index (χ1) is 12.2. The van der Waals surface area contributed by atoms with Crippen molar-refractivity contribution in [1.29, 1.82) is 0 Å². The summed E-state index contributed by atoms with van der Waals surface area (Å²) in [6.45, 7) is 0. The third kappa shape index (κ3) is 3.28. The van der Waals surface area contributed by atoms with E-state index in [2.05, 4.69) is 0 Å². The highest BCUT2D eigenvalue weighted by Crippen LogP contribution is 2.32. The number of phenolic OH excluding ortho intramolecular Hbond substituents is 1. The minimum atomic E-state index is 0.206. The van der Waals surface area contributed by atoms with Crippen molar-refractivity contribution in [3.63, 3.8) is 0 Å². The molecule has 0 aliphatic heterocycles. The first-order valence-corrected chi connectivity index (χ1v) is 8.17. The molecule has 2 aromatic carbocycles. The fraction of sp³-hybridized carbons (Fsp3) is 0. The molecule has 3 nitrogen and oxygen atoms in total. The number of phenols is 1. The zero-order valence-corrected chi connectivity index (χ0v) is 13.9. The molecular formula is C21H14ClNO2. The second-order valence-electron chi connectivity index (χ2n) is 5.70. The summed E-state index contributed by atoms with van der Waals surface area (Å²) < 4.78 is 5.22. The molecule has 122 valence electrons. The molecule has 1 N–H and O–H groups in total. The molecule has 0 aliphatic carbocycles. The highest BCUT2D eigenvalue weighted by Gasteiger charge is 2.10. The number of pyridine rings is 1. The lowest BCUT2D eigenvalue weighted by Gasteiger charge is -2.09. The quantitative estimate of drug-likeness (QED) is 0.491. The van der Waals surface area contributed by atoms with Crippen LogP contribution in [0.2, 0.25) is 5.02 Å². The third-order valence-electron chi connectivity index (χ3n) is 3.94. The van der Waals surface area contributed by atoms with Crippen LogP contribution >= 0.6 is 11.6 Å². The summed E-state index contributed by atoms with van der Waals surface area (Å²) in [5.41, 5.74) is 5.29. The van der Waals surface area contributed by atoms with Crippen molar-refractivity contribution in [3.05, 3.63) is 84.3 Å². The van der Waals surface area contributed by atoms with Gasteiger partial charge in [-0.1, -0.05) is 35.9 Å². The van der Waals surface area contributed by atoms with Gasteiger partial charge in [0.1, 0.15) is 5.75 Å². The largest absolute Gasteiger partial charge is 0.508 e.